The van der Waals surface area contributed by atoms with Crippen LogP contribution in [0.5, 0.6) is 11.5 Å². The van der Waals surface area contributed by atoms with Crippen molar-refractivity contribution >= 4 is 28.5 Å². The Balaban J connectivity index is 1.43. The number of nitrogens with zero attached hydrogens (tertiary/aromatic N) is 6. The molecule has 0 saturated heterocycles. The van der Waals surface area contributed by atoms with Crippen molar-refractivity contribution in [1.29, 1.82) is 0 Å². The molecule has 0 bridgehead atoms. The van der Waals surface area contributed by atoms with Gasteiger partial charge < -0.3 is 14.8 Å². The highest BCUT2D eigenvalue weighted by molar-refractivity contribution is 6.02. The number of hydrogen-bond donors (Lipinski definition) is 1. The van der Waals surface area contributed by atoms with Crippen LogP contribution in [-0.2, 0) is 23.2 Å². The molecule has 1 saturated carbocycles. The number of carbonyl (C=O) groups is 2. The van der Waals surface area contributed by atoms with E-state index < -0.39 is 6.04 Å². The number of rotatable bonds is 7. The van der Waals surface area contributed by atoms with Crippen molar-refractivity contribution in [2.75, 3.05) is 11.7 Å². The average molecular weight is 530 g/mol. The Labute approximate surface area is 225 Å². The summed E-state index contributed by atoms with van der Waals surface area (Å²) in [6.07, 6.45) is 6.97. The van der Waals surface area contributed by atoms with Crippen LogP contribution >= 0.6 is 0 Å². The molecule has 1 N–H and O–H groups in total. The number of benzene rings is 2. The third-order valence-corrected chi connectivity index (χ3v) is 7.41. The molecule has 3 heterocycles. The molecular formula is C28H31N7O4. The number of aromatic nitrogens is 5. The molecule has 1 fully saturated rings. The van der Waals surface area contributed by atoms with Crippen molar-refractivity contribution in [3.63, 3.8) is 0 Å². The second-order valence-electron chi connectivity index (χ2n) is 10.1. The lowest BCUT2D eigenvalue weighted by Gasteiger charge is -2.33. The maximum absolute atomic E-state index is 14.2. The molecule has 11 nitrogen and oxygen atoms in total. The van der Waals surface area contributed by atoms with Crippen LogP contribution in [0.4, 0.5) is 5.69 Å². The summed E-state index contributed by atoms with van der Waals surface area (Å²) in [6.45, 7) is 1.84. The van der Waals surface area contributed by atoms with Gasteiger partial charge in [-0.3, -0.25) is 19.2 Å². The van der Waals surface area contributed by atoms with Crippen LogP contribution in [0, 0.1) is 6.92 Å². The first kappa shape index (κ1) is 24.9. The summed E-state index contributed by atoms with van der Waals surface area (Å²) in [7, 11) is 1.81. The molecule has 2 aromatic heterocycles. The minimum Gasteiger partial charge on any atom is -0.454 e. The number of aryl methyl sites for hydroxylation is 2. The summed E-state index contributed by atoms with van der Waals surface area (Å²) in [6, 6.07) is 11.9. The predicted molar refractivity (Wildman–Crippen MR) is 143 cm³/mol. The Hall–Kier alpha value is -4.41. The normalized spacial score (nSPS) is 15.8. The fraction of sp³-hybridized carbons (Fsp3) is 0.393. The van der Waals surface area contributed by atoms with E-state index in [1.807, 2.05) is 31.2 Å². The van der Waals surface area contributed by atoms with Crippen molar-refractivity contribution in [3.05, 3.63) is 59.9 Å². The smallest absolute Gasteiger partial charge is 0.249 e. The highest BCUT2D eigenvalue weighted by Crippen LogP contribution is 2.39. The van der Waals surface area contributed by atoms with Crippen LogP contribution in [-0.4, -0.2) is 49.4 Å². The van der Waals surface area contributed by atoms with Gasteiger partial charge >= 0.3 is 0 Å². The summed E-state index contributed by atoms with van der Waals surface area (Å²) in [5, 5.41) is 16.2. The largest absolute Gasteiger partial charge is 0.454 e. The van der Waals surface area contributed by atoms with E-state index in [0.29, 0.717) is 34.0 Å². The molecule has 2 aliphatic rings. The quantitative estimate of drug-likeness (QED) is 0.390. The average Bonchev–Trinajstić information content (AvgIpc) is 3.65. The fourth-order valence-electron chi connectivity index (χ4n) is 5.52. The zero-order valence-electron chi connectivity index (χ0n) is 22.0. The van der Waals surface area contributed by atoms with Gasteiger partial charge in [0.25, 0.3) is 0 Å². The van der Waals surface area contributed by atoms with Crippen molar-refractivity contribution in [3.8, 4) is 11.5 Å². The van der Waals surface area contributed by atoms with Crippen molar-refractivity contribution in [1.82, 2.24) is 30.1 Å². The minimum absolute atomic E-state index is 0.0682. The van der Waals surface area contributed by atoms with E-state index in [1.165, 1.54) is 11.3 Å². The zero-order valence-corrected chi connectivity index (χ0v) is 22.0. The standard InChI is InChI=1S/C28H31N7O4/c1-18-21(15-33(2)31-18)27(28(37)29-19-8-4-3-5-9-19)35(20-12-13-24-25(14-20)39-17-38-24)26(36)16-34-23-11-7-6-10-22(23)30-32-34/h6-7,10-15,19,27H,3-5,8-9,16-17H2,1-2H3,(H,29,37). The molecule has 1 atom stereocenters. The second kappa shape index (κ2) is 10.4. The second-order valence-corrected chi connectivity index (χ2v) is 10.1. The maximum atomic E-state index is 14.2. The first-order valence-electron chi connectivity index (χ1n) is 13.3. The van der Waals surface area contributed by atoms with Crippen LogP contribution < -0.4 is 19.7 Å². The summed E-state index contributed by atoms with van der Waals surface area (Å²) in [4.78, 5) is 29.9. The third kappa shape index (κ3) is 4.91. The first-order valence-corrected chi connectivity index (χ1v) is 13.3. The van der Waals surface area contributed by atoms with E-state index in [0.717, 1.165) is 31.2 Å². The van der Waals surface area contributed by atoms with Crippen molar-refractivity contribution in [2.45, 2.75) is 57.7 Å². The Morgan fingerprint density at radius 1 is 1.10 bits per heavy atom. The predicted octanol–water partition coefficient (Wildman–Crippen LogP) is 3.43. The lowest BCUT2D eigenvalue weighted by Crippen LogP contribution is -2.48. The van der Waals surface area contributed by atoms with Gasteiger partial charge in [0.15, 0.2) is 11.5 Å². The molecule has 39 heavy (non-hydrogen) atoms. The Kier molecular flexibility index (Phi) is 6.64. The molecule has 0 radical (unpaired) electrons. The number of para-hydroxylation sites is 1. The molecule has 1 aliphatic heterocycles. The monoisotopic (exact) mass is 529 g/mol. The molecule has 11 heteroatoms. The molecular weight excluding hydrogens is 498 g/mol. The number of amides is 2. The Morgan fingerprint density at radius 2 is 1.90 bits per heavy atom. The van der Waals surface area contributed by atoms with E-state index >= 15 is 0 Å². The van der Waals surface area contributed by atoms with Gasteiger partial charge in [-0.05, 0) is 44.0 Å². The van der Waals surface area contributed by atoms with Crippen molar-refractivity contribution < 1.29 is 19.1 Å². The summed E-state index contributed by atoms with van der Waals surface area (Å²) in [5.74, 6) is 0.545. The molecule has 1 aliphatic carbocycles. The van der Waals surface area contributed by atoms with E-state index in [-0.39, 0.29) is 31.2 Å². The van der Waals surface area contributed by atoms with Gasteiger partial charge in [-0.1, -0.05) is 36.6 Å². The number of hydrogen-bond acceptors (Lipinski definition) is 7. The fourth-order valence-corrected chi connectivity index (χ4v) is 5.52. The van der Waals surface area contributed by atoms with Crippen LogP contribution in [0.2, 0.25) is 0 Å². The van der Waals surface area contributed by atoms with E-state index in [1.54, 1.807) is 40.8 Å². The molecule has 202 valence electrons. The van der Waals surface area contributed by atoms with Gasteiger partial charge in [0.1, 0.15) is 18.1 Å². The van der Waals surface area contributed by atoms with Gasteiger partial charge in [-0.25, -0.2) is 4.68 Å². The van der Waals surface area contributed by atoms with Gasteiger partial charge in [0, 0.05) is 36.6 Å². The number of anilines is 1. The highest BCUT2D eigenvalue weighted by Gasteiger charge is 2.37. The lowest BCUT2D eigenvalue weighted by molar-refractivity contribution is -0.127. The molecule has 6 rings (SSSR count). The van der Waals surface area contributed by atoms with Gasteiger partial charge in [0.05, 0.1) is 11.2 Å². The van der Waals surface area contributed by atoms with Crippen LogP contribution in [0.25, 0.3) is 11.0 Å². The molecule has 2 amide bonds. The third-order valence-electron chi connectivity index (χ3n) is 7.41. The highest BCUT2D eigenvalue weighted by atomic mass is 16.7. The summed E-state index contributed by atoms with van der Waals surface area (Å²) in [5.41, 5.74) is 3.26. The number of nitrogens with one attached hydrogen (secondary N) is 1. The molecule has 0 spiro atoms. The topological polar surface area (TPSA) is 116 Å². The van der Waals surface area contributed by atoms with Gasteiger partial charge in [-0.15, -0.1) is 5.10 Å². The van der Waals surface area contributed by atoms with Crippen LogP contribution in [0.15, 0.2) is 48.7 Å². The lowest BCUT2D eigenvalue weighted by atomic mass is 9.94. The number of carbonyl (C=O) groups excluding carboxylic acids is 2. The Bertz CT molecular complexity index is 1520. The zero-order chi connectivity index (χ0) is 26.9. The molecule has 4 aromatic rings. The first-order chi connectivity index (χ1) is 19.0. The summed E-state index contributed by atoms with van der Waals surface area (Å²) >= 11 is 0. The number of fused-ring (bicyclic) bond motifs is 2. The van der Waals surface area contributed by atoms with Crippen LogP contribution in [0.1, 0.15) is 49.4 Å². The maximum Gasteiger partial charge on any atom is 0.249 e. The minimum atomic E-state index is -0.955. The molecule has 1 unspecified atom stereocenters. The van der Waals surface area contributed by atoms with Gasteiger partial charge in [-0.2, -0.15) is 5.10 Å². The van der Waals surface area contributed by atoms with Gasteiger partial charge in [0.2, 0.25) is 18.6 Å². The van der Waals surface area contributed by atoms with Crippen LogP contribution in [0.3, 0.4) is 0 Å². The van der Waals surface area contributed by atoms with E-state index in [9.17, 15) is 9.59 Å². The number of ether oxygens (including phenoxy) is 2. The molecule has 2 aromatic carbocycles. The van der Waals surface area contributed by atoms with Crippen molar-refractivity contribution in [2.24, 2.45) is 7.05 Å². The SMILES string of the molecule is Cc1nn(C)cc1C(C(=O)NC1CCCCC1)N(C(=O)Cn1nnc2ccccc21)c1ccc2c(c1)OCO2. The Morgan fingerprint density at radius 3 is 2.69 bits per heavy atom. The van der Waals surface area contributed by atoms with E-state index in [2.05, 4.69) is 20.7 Å². The summed E-state index contributed by atoms with van der Waals surface area (Å²) < 4.78 is 14.3. The van der Waals surface area contributed by atoms with E-state index in [4.69, 9.17) is 9.47 Å².